The third-order valence-electron chi connectivity index (χ3n) is 6.86. The molecule has 3 aromatic carbocycles. The molecule has 4 rings (SSSR count). The fourth-order valence-electron chi connectivity index (χ4n) is 5.05. The summed E-state index contributed by atoms with van der Waals surface area (Å²) in [5.74, 6) is -0.974. The summed E-state index contributed by atoms with van der Waals surface area (Å²) >= 11 is 0. The number of hydrogen-bond donors (Lipinski definition) is 1. The van der Waals surface area contributed by atoms with E-state index >= 15 is 0 Å². The molecule has 0 aliphatic heterocycles. The largest absolute Gasteiger partial charge is 0.481 e. The van der Waals surface area contributed by atoms with E-state index in [1.165, 1.54) is 16.7 Å². The van der Waals surface area contributed by atoms with E-state index in [-0.39, 0.29) is 11.3 Å². The molecule has 1 N–H and O–H groups in total. The Hall–Kier alpha value is -3.07. The molecule has 0 amide bonds. The number of rotatable bonds is 9. The number of hydrogen-bond acceptors (Lipinski definition) is 2. The molecular weight excluding hydrogens is 382 g/mol. The molecule has 0 radical (unpaired) electrons. The molecule has 3 aromatic rings. The van der Waals surface area contributed by atoms with Crippen LogP contribution in [0, 0.1) is 5.92 Å². The van der Waals surface area contributed by atoms with Gasteiger partial charge in [-0.1, -0.05) is 86.1 Å². The first-order valence-electron chi connectivity index (χ1n) is 11.3. The standard InChI is InChI=1S/C28H31NO2/c1-2-26(27(30)31)28(18-9-19-28)24-14-16-25(17-15-24)29(20-22-10-5-3-6-11-22)21-23-12-7-4-8-13-23/h3-8,10-17,26H,2,9,18-21H2,1H3,(H,30,31). The first-order chi connectivity index (χ1) is 15.1. The van der Waals surface area contributed by atoms with Gasteiger partial charge in [0.15, 0.2) is 0 Å². The molecule has 0 heterocycles. The molecule has 3 heteroatoms. The molecule has 1 aliphatic rings. The number of anilines is 1. The second-order valence-electron chi connectivity index (χ2n) is 8.68. The van der Waals surface area contributed by atoms with Gasteiger partial charge in [-0.15, -0.1) is 0 Å². The van der Waals surface area contributed by atoms with Gasteiger partial charge >= 0.3 is 5.97 Å². The van der Waals surface area contributed by atoms with Crippen LogP contribution in [-0.2, 0) is 23.3 Å². The van der Waals surface area contributed by atoms with Crippen molar-refractivity contribution in [2.24, 2.45) is 5.92 Å². The zero-order valence-corrected chi connectivity index (χ0v) is 18.2. The Kier molecular flexibility index (Phi) is 6.41. The molecule has 31 heavy (non-hydrogen) atoms. The van der Waals surface area contributed by atoms with E-state index in [9.17, 15) is 9.90 Å². The number of carboxylic acids is 1. The third kappa shape index (κ3) is 4.51. The SMILES string of the molecule is CCC(C(=O)O)C1(c2ccc(N(Cc3ccccc3)Cc3ccccc3)cc2)CCC1. The average molecular weight is 414 g/mol. The molecule has 0 bridgehead atoms. The highest BCUT2D eigenvalue weighted by atomic mass is 16.4. The topological polar surface area (TPSA) is 40.5 Å². The van der Waals surface area contributed by atoms with E-state index in [4.69, 9.17) is 0 Å². The summed E-state index contributed by atoms with van der Waals surface area (Å²) in [6, 6.07) is 29.7. The van der Waals surface area contributed by atoms with Gasteiger partial charge in [-0.25, -0.2) is 0 Å². The summed E-state index contributed by atoms with van der Waals surface area (Å²) in [4.78, 5) is 14.3. The lowest BCUT2D eigenvalue weighted by atomic mass is 9.57. The van der Waals surface area contributed by atoms with Crippen LogP contribution < -0.4 is 4.90 Å². The van der Waals surface area contributed by atoms with Gasteiger partial charge in [-0.3, -0.25) is 4.79 Å². The molecule has 0 aromatic heterocycles. The van der Waals surface area contributed by atoms with E-state index < -0.39 is 5.97 Å². The smallest absolute Gasteiger partial charge is 0.307 e. The van der Waals surface area contributed by atoms with Gasteiger partial charge in [-0.05, 0) is 48.1 Å². The number of benzene rings is 3. The second-order valence-corrected chi connectivity index (χ2v) is 8.68. The van der Waals surface area contributed by atoms with Gasteiger partial charge in [0.25, 0.3) is 0 Å². The lowest BCUT2D eigenvalue weighted by Gasteiger charge is -2.46. The number of carbonyl (C=O) groups is 1. The van der Waals surface area contributed by atoms with Gasteiger partial charge in [0, 0.05) is 24.2 Å². The highest BCUT2D eigenvalue weighted by Crippen LogP contribution is 2.50. The van der Waals surface area contributed by atoms with Crippen LogP contribution in [-0.4, -0.2) is 11.1 Å². The first-order valence-corrected chi connectivity index (χ1v) is 11.3. The summed E-state index contributed by atoms with van der Waals surface area (Å²) in [6.07, 6.45) is 3.72. The van der Waals surface area contributed by atoms with Gasteiger partial charge < -0.3 is 10.0 Å². The Morgan fingerprint density at radius 1 is 0.871 bits per heavy atom. The summed E-state index contributed by atoms with van der Waals surface area (Å²) in [5, 5.41) is 9.80. The Morgan fingerprint density at radius 2 is 1.39 bits per heavy atom. The number of aliphatic carboxylic acids is 1. The second kappa shape index (κ2) is 9.38. The number of nitrogens with zero attached hydrogens (tertiary/aromatic N) is 1. The molecule has 0 spiro atoms. The Bertz CT molecular complexity index is 937. The normalized spacial score (nSPS) is 15.6. The highest BCUT2D eigenvalue weighted by molar-refractivity contribution is 5.73. The predicted molar refractivity (Wildman–Crippen MR) is 126 cm³/mol. The Morgan fingerprint density at radius 3 is 1.77 bits per heavy atom. The quantitative estimate of drug-likeness (QED) is 0.440. The molecule has 1 atom stereocenters. The maximum absolute atomic E-state index is 11.9. The zero-order chi connectivity index (χ0) is 21.7. The molecule has 1 saturated carbocycles. The van der Waals surface area contributed by atoms with Crippen LogP contribution in [0.25, 0.3) is 0 Å². The van der Waals surface area contributed by atoms with Crippen molar-refractivity contribution in [2.75, 3.05) is 4.90 Å². The van der Waals surface area contributed by atoms with Crippen LogP contribution in [0.3, 0.4) is 0 Å². The Labute approximate surface area is 185 Å². The van der Waals surface area contributed by atoms with Crippen molar-refractivity contribution in [2.45, 2.75) is 51.1 Å². The van der Waals surface area contributed by atoms with Crippen molar-refractivity contribution in [3.05, 3.63) is 102 Å². The maximum atomic E-state index is 11.9. The van der Waals surface area contributed by atoms with Crippen LogP contribution >= 0.6 is 0 Å². The Balaban J connectivity index is 1.62. The van der Waals surface area contributed by atoms with Gasteiger partial charge in [0.1, 0.15) is 0 Å². The molecule has 1 unspecified atom stereocenters. The zero-order valence-electron chi connectivity index (χ0n) is 18.2. The summed E-state index contributed by atoms with van der Waals surface area (Å²) in [7, 11) is 0. The van der Waals surface area contributed by atoms with Gasteiger partial charge in [0.05, 0.1) is 5.92 Å². The fourth-order valence-corrected chi connectivity index (χ4v) is 5.05. The lowest BCUT2D eigenvalue weighted by Crippen LogP contribution is -2.45. The molecule has 0 saturated heterocycles. The molecule has 3 nitrogen and oxygen atoms in total. The molecule has 160 valence electrons. The van der Waals surface area contributed by atoms with Crippen molar-refractivity contribution in [1.82, 2.24) is 0 Å². The summed E-state index contributed by atoms with van der Waals surface area (Å²) in [6.45, 7) is 3.65. The van der Waals surface area contributed by atoms with Crippen molar-refractivity contribution < 1.29 is 9.90 Å². The van der Waals surface area contributed by atoms with Gasteiger partial charge in [-0.2, -0.15) is 0 Å². The van der Waals surface area contributed by atoms with E-state index in [1.807, 2.05) is 19.1 Å². The summed E-state index contributed by atoms with van der Waals surface area (Å²) < 4.78 is 0. The van der Waals surface area contributed by atoms with E-state index in [2.05, 4.69) is 77.7 Å². The van der Waals surface area contributed by atoms with Crippen molar-refractivity contribution in [3.8, 4) is 0 Å². The minimum absolute atomic E-state index is 0.206. The fraction of sp³-hybridized carbons (Fsp3) is 0.321. The maximum Gasteiger partial charge on any atom is 0.307 e. The minimum atomic E-state index is -0.666. The first kappa shape index (κ1) is 21.2. The van der Waals surface area contributed by atoms with Crippen molar-refractivity contribution >= 4 is 11.7 Å². The lowest BCUT2D eigenvalue weighted by molar-refractivity contribution is -0.146. The molecular formula is C28H31NO2. The van der Waals surface area contributed by atoms with E-state index in [1.54, 1.807) is 0 Å². The predicted octanol–water partition coefficient (Wildman–Crippen LogP) is 6.43. The van der Waals surface area contributed by atoms with Crippen LogP contribution in [0.5, 0.6) is 0 Å². The van der Waals surface area contributed by atoms with Crippen LogP contribution in [0.15, 0.2) is 84.9 Å². The summed E-state index contributed by atoms with van der Waals surface area (Å²) in [5.41, 5.74) is 4.68. The van der Waals surface area contributed by atoms with E-state index in [0.717, 1.165) is 38.0 Å². The number of carboxylic acid groups (broad SMARTS) is 1. The molecule has 1 fully saturated rings. The van der Waals surface area contributed by atoms with Crippen molar-refractivity contribution in [1.29, 1.82) is 0 Å². The third-order valence-corrected chi connectivity index (χ3v) is 6.86. The highest BCUT2D eigenvalue weighted by Gasteiger charge is 2.47. The van der Waals surface area contributed by atoms with Gasteiger partial charge in [0.2, 0.25) is 0 Å². The van der Waals surface area contributed by atoms with Crippen LogP contribution in [0.1, 0.15) is 49.3 Å². The minimum Gasteiger partial charge on any atom is -0.481 e. The molecule has 1 aliphatic carbocycles. The van der Waals surface area contributed by atoms with Crippen LogP contribution in [0.2, 0.25) is 0 Å². The monoisotopic (exact) mass is 413 g/mol. The average Bonchev–Trinajstić information content (AvgIpc) is 2.77. The van der Waals surface area contributed by atoms with Crippen molar-refractivity contribution in [3.63, 3.8) is 0 Å². The van der Waals surface area contributed by atoms with E-state index in [0.29, 0.717) is 6.42 Å². The van der Waals surface area contributed by atoms with Crippen LogP contribution in [0.4, 0.5) is 5.69 Å².